The van der Waals surface area contributed by atoms with Gasteiger partial charge in [-0.1, -0.05) is 11.3 Å². The highest BCUT2D eigenvalue weighted by molar-refractivity contribution is 6.00. The van der Waals surface area contributed by atoms with E-state index >= 15 is 0 Å². The second kappa shape index (κ2) is 3.72. The third-order valence-electron chi connectivity index (χ3n) is 2.09. The van der Waals surface area contributed by atoms with Crippen molar-refractivity contribution < 1.29 is 23.1 Å². The van der Waals surface area contributed by atoms with Crippen LogP contribution in [0.4, 0.5) is 13.2 Å². The molecule has 0 bridgehead atoms. The van der Waals surface area contributed by atoms with E-state index in [1.165, 1.54) is 18.2 Å². The molecule has 1 N–H and O–H groups in total. The van der Waals surface area contributed by atoms with Crippen LogP contribution in [0.15, 0.2) is 18.2 Å². The third kappa shape index (κ3) is 2.19. The standard InChI is InChI=1S/C9H6F3N3O2/c10-9(11,12)4-15-7-5(8(16)17)2-1-3-6(7)13-14-15/h1-3H,4H2,(H,16,17). The number of alkyl halides is 3. The molecule has 0 aliphatic rings. The average molecular weight is 245 g/mol. The maximum absolute atomic E-state index is 12.2. The summed E-state index contributed by atoms with van der Waals surface area (Å²) in [5, 5.41) is 15.7. The summed E-state index contributed by atoms with van der Waals surface area (Å²) < 4.78 is 37.3. The lowest BCUT2D eigenvalue weighted by atomic mass is 10.2. The SMILES string of the molecule is O=C(O)c1cccc2nnn(CC(F)(F)F)c12. The summed E-state index contributed by atoms with van der Waals surface area (Å²) in [5.41, 5.74) is -0.261. The predicted octanol–water partition coefficient (Wildman–Crippen LogP) is 1.69. The van der Waals surface area contributed by atoms with Crippen LogP contribution >= 0.6 is 0 Å². The van der Waals surface area contributed by atoms with Crippen molar-refractivity contribution in [3.8, 4) is 0 Å². The predicted molar refractivity (Wildman–Crippen MR) is 50.5 cm³/mol. The molecule has 0 amide bonds. The van der Waals surface area contributed by atoms with Crippen molar-refractivity contribution in [3.05, 3.63) is 23.8 Å². The Morgan fingerprint density at radius 3 is 2.71 bits per heavy atom. The molecule has 2 rings (SSSR count). The normalized spacial score (nSPS) is 11.9. The molecule has 0 unspecified atom stereocenters. The molecule has 1 aromatic carbocycles. The number of fused-ring (bicyclic) bond motifs is 1. The van der Waals surface area contributed by atoms with Crippen LogP contribution in [0, 0.1) is 0 Å². The molecular weight excluding hydrogens is 239 g/mol. The average Bonchev–Trinajstić information content (AvgIpc) is 2.59. The van der Waals surface area contributed by atoms with E-state index in [1.54, 1.807) is 0 Å². The molecule has 0 saturated carbocycles. The molecule has 0 fully saturated rings. The van der Waals surface area contributed by atoms with Crippen LogP contribution in [0.2, 0.25) is 0 Å². The molecule has 2 aromatic rings. The minimum Gasteiger partial charge on any atom is -0.478 e. The van der Waals surface area contributed by atoms with Gasteiger partial charge in [0.15, 0.2) is 0 Å². The van der Waals surface area contributed by atoms with E-state index in [0.29, 0.717) is 4.68 Å². The van der Waals surface area contributed by atoms with Gasteiger partial charge in [0.25, 0.3) is 0 Å². The van der Waals surface area contributed by atoms with Gasteiger partial charge < -0.3 is 5.11 Å². The highest BCUT2D eigenvalue weighted by Gasteiger charge is 2.30. The Kier molecular flexibility index (Phi) is 2.49. The van der Waals surface area contributed by atoms with Crippen molar-refractivity contribution in [3.63, 3.8) is 0 Å². The van der Waals surface area contributed by atoms with Gasteiger partial charge in [0.05, 0.1) is 5.56 Å². The molecule has 0 aliphatic heterocycles. The first-order valence-electron chi connectivity index (χ1n) is 4.51. The molecule has 0 saturated heterocycles. The maximum Gasteiger partial charge on any atom is 0.408 e. The number of aromatic carboxylic acids is 1. The van der Waals surface area contributed by atoms with Crippen LogP contribution in [0.5, 0.6) is 0 Å². The van der Waals surface area contributed by atoms with Crippen molar-refractivity contribution in [2.45, 2.75) is 12.7 Å². The Labute approximate surface area is 92.5 Å². The van der Waals surface area contributed by atoms with Gasteiger partial charge in [-0.05, 0) is 12.1 Å². The van der Waals surface area contributed by atoms with E-state index in [0.717, 1.165) is 0 Å². The Morgan fingerprint density at radius 2 is 2.12 bits per heavy atom. The van der Waals surface area contributed by atoms with Gasteiger partial charge in [0.1, 0.15) is 17.6 Å². The first-order valence-corrected chi connectivity index (χ1v) is 4.51. The van der Waals surface area contributed by atoms with Crippen molar-refractivity contribution in [1.29, 1.82) is 0 Å². The van der Waals surface area contributed by atoms with Gasteiger partial charge in [-0.15, -0.1) is 5.10 Å². The Morgan fingerprint density at radius 1 is 1.41 bits per heavy atom. The molecule has 5 nitrogen and oxygen atoms in total. The summed E-state index contributed by atoms with van der Waals surface area (Å²) in [6.07, 6.45) is -4.48. The highest BCUT2D eigenvalue weighted by Crippen LogP contribution is 2.22. The number of nitrogens with zero attached hydrogens (tertiary/aromatic N) is 3. The van der Waals surface area contributed by atoms with Gasteiger partial charge in [-0.3, -0.25) is 0 Å². The zero-order valence-electron chi connectivity index (χ0n) is 8.27. The minimum atomic E-state index is -4.48. The topological polar surface area (TPSA) is 68.0 Å². The third-order valence-corrected chi connectivity index (χ3v) is 2.09. The van der Waals surface area contributed by atoms with E-state index in [4.69, 9.17) is 5.11 Å². The Bertz CT molecular complexity index is 576. The molecule has 0 spiro atoms. The van der Waals surface area contributed by atoms with Gasteiger partial charge in [-0.2, -0.15) is 13.2 Å². The van der Waals surface area contributed by atoms with Crippen LogP contribution in [0.3, 0.4) is 0 Å². The number of benzene rings is 1. The summed E-state index contributed by atoms with van der Waals surface area (Å²) >= 11 is 0. The maximum atomic E-state index is 12.2. The Balaban J connectivity index is 2.61. The van der Waals surface area contributed by atoms with E-state index < -0.39 is 18.7 Å². The van der Waals surface area contributed by atoms with Crippen LogP contribution in [-0.4, -0.2) is 32.2 Å². The van der Waals surface area contributed by atoms with Crippen LogP contribution in [-0.2, 0) is 6.54 Å². The molecular formula is C9H6F3N3O2. The van der Waals surface area contributed by atoms with Crippen LogP contribution < -0.4 is 0 Å². The second-order valence-corrected chi connectivity index (χ2v) is 3.34. The number of halogens is 3. The number of carbonyl (C=O) groups is 1. The quantitative estimate of drug-likeness (QED) is 0.874. The Hall–Kier alpha value is -2.12. The van der Waals surface area contributed by atoms with Crippen molar-refractivity contribution in [2.75, 3.05) is 0 Å². The molecule has 17 heavy (non-hydrogen) atoms. The largest absolute Gasteiger partial charge is 0.478 e. The first kappa shape index (κ1) is 11.4. The lowest BCUT2D eigenvalue weighted by Gasteiger charge is -2.07. The zero-order chi connectivity index (χ0) is 12.6. The molecule has 0 radical (unpaired) electrons. The smallest absolute Gasteiger partial charge is 0.408 e. The zero-order valence-corrected chi connectivity index (χ0v) is 8.27. The van der Waals surface area contributed by atoms with Crippen LogP contribution in [0.25, 0.3) is 11.0 Å². The summed E-state index contributed by atoms with van der Waals surface area (Å²) in [4.78, 5) is 10.9. The number of carboxylic acid groups (broad SMARTS) is 1. The van der Waals surface area contributed by atoms with E-state index in [9.17, 15) is 18.0 Å². The summed E-state index contributed by atoms with van der Waals surface area (Å²) in [6.45, 7) is -1.37. The van der Waals surface area contributed by atoms with Crippen molar-refractivity contribution >= 4 is 17.0 Å². The van der Waals surface area contributed by atoms with Gasteiger partial charge in [-0.25, -0.2) is 9.48 Å². The summed E-state index contributed by atoms with van der Waals surface area (Å²) in [6, 6.07) is 4.01. The highest BCUT2D eigenvalue weighted by atomic mass is 19.4. The molecule has 0 aliphatic carbocycles. The number of para-hydroxylation sites is 1. The van der Waals surface area contributed by atoms with Gasteiger partial charge in [0, 0.05) is 0 Å². The van der Waals surface area contributed by atoms with E-state index in [2.05, 4.69) is 10.3 Å². The first-order chi connectivity index (χ1) is 7.88. The summed E-state index contributed by atoms with van der Waals surface area (Å²) in [7, 11) is 0. The fraction of sp³-hybridized carbons (Fsp3) is 0.222. The fourth-order valence-electron chi connectivity index (χ4n) is 1.48. The molecule has 1 heterocycles. The number of hydrogen-bond acceptors (Lipinski definition) is 3. The molecule has 1 aromatic heterocycles. The molecule has 0 atom stereocenters. The monoisotopic (exact) mass is 245 g/mol. The minimum absolute atomic E-state index is 0.120. The summed E-state index contributed by atoms with van der Waals surface area (Å²) in [5.74, 6) is -1.32. The number of aromatic nitrogens is 3. The van der Waals surface area contributed by atoms with Gasteiger partial charge in [0.2, 0.25) is 0 Å². The van der Waals surface area contributed by atoms with E-state index in [-0.39, 0.29) is 16.6 Å². The van der Waals surface area contributed by atoms with Gasteiger partial charge >= 0.3 is 12.1 Å². The van der Waals surface area contributed by atoms with E-state index in [1.807, 2.05) is 0 Å². The lowest BCUT2D eigenvalue weighted by molar-refractivity contribution is -0.142. The molecule has 90 valence electrons. The van der Waals surface area contributed by atoms with Crippen LogP contribution in [0.1, 0.15) is 10.4 Å². The lowest BCUT2D eigenvalue weighted by Crippen LogP contribution is -2.19. The molecule has 8 heteroatoms. The van der Waals surface area contributed by atoms with Crippen molar-refractivity contribution in [1.82, 2.24) is 15.0 Å². The number of carboxylic acids is 1. The second-order valence-electron chi connectivity index (χ2n) is 3.34. The number of hydrogen-bond donors (Lipinski definition) is 1. The fourth-order valence-corrected chi connectivity index (χ4v) is 1.48. The van der Waals surface area contributed by atoms with Crippen molar-refractivity contribution in [2.24, 2.45) is 0 Å². The number of rotatable bonds is 2.